The number of aliphatic hydroxyl groups excluding tert-OH is 1. The van der Waals surface area contributed by atoms with Crippen molar-refractivity contribution in [1.82, 2.24) is 74.1 Å². The van der Waals surface area contributed by atoms with Gasteiger partial charge in [0.05, 0.1) is 145 Å². The van der Waals surface area contributed by atoms with Gasteiger partial charge in [-0.05, 0) is 157 Å². The third-order valence-electron chi connectivity index (χ3n) is 18.6. The van der Waals surface area contributed by atoms with Gasteiger partial charge in [-0.2, -0.15) is 30.6 Å². The predicted molar refractivity (Wildman–Crippen MR) is 556 cm³/mol. The second kappa shape index (κ2) is 53.9. The molecule has 726 valence electrons. The van der Waals surface area contributed by atoms with Crippen molar-refractivity contribution < 1.29 is 52.6 Å². The number of carboxylic acid groups (broad SMARTS) is 1. The third-order valence-corrected chi connectivity index (χ3v) is 26.8. The summed E-state index contributed by atoms with van der Waals surface area (Å²) >= 11 is 82.0. The predicted octanol–water partition coefficient (Wildman–Crippen LogP) is 25.1. The van der Waals surface area contributed by atoms with Crippen LogP contribution in [0.15, 0.2) is 256 Å². The molecule has 6 aromatic carbocycles. The standard InChI is InChI=1S/C18H12Cl2N4O2S.C14H9BrCl2N4OS.C10H15BO3.C10H7Cl2N3O2.2C10H9Cl2N3.C7H6Cl2O.C4H2BrNO2S.C3H3N3O2.ClH/c19-13-3-1-4-14(20)12(13)10-24-9-11(7-22-24)23-17(25)16-8-21-18(27-16)15-5-2-6-26-15;15-14-18-5-12(23-14)13(22)20-8-4-19-21(6-8)7-9-10(16)2-1-3-11(9)17;1-9(2)10(3,4)14-11(13-9)8-6-5-7-12-8;11-9-2-1-3-10(12)8(9)6-14-5-7(4-13-14)15(16)17;2*11-9-2-1-3-10(12)8(9)6-15-5-7(13)4-14-15;8-6-2-1-3-7(9)5(6)4-10;5-4-6-1-2(9-4)3(7)8;7-6(8)3-1-4-5-2-3;/h1-9H,10H2,(H,23,25);1-6H,7H2,(H,20,22);5-7H,1-4H3;1-5H,6H2;2*1-5H,6,13H2;1-3,10H,4H2;1H,(H,7,8);1-2H,(H,4,5);1H. The lowest BCUT2D eigenvalue weighted by molar-refractivity contribution is -0.385. The zero-order valence-corrected chi connectivity index (χ0v) is 87.5. The van der Waals surface area contributed by atoms with Gasteiger partial charge in [0.25, 0.3) is 11.8 Å². The minimum Gasteiger partial charge on any atom is -0.477 e. The van der Waals surface area contributed by atoms with Crippen molar-refractivity contribution in [1.29, 1.82) is 0 Å². The van der Waals surface area contributed by atoms with E-state index in [9.17, 15) is 34.6 Å². The summed E-state index contributed by atoms with van der Waals surface area (Å²) in [5, 5.41) is 76.6. The number of nitrogens with one attached hydrogen (secondary N) is 3. The zero-order chi connectivity index (χ0) is 100. The fourth-order valence-electron chi connectivity index (χ4n) is 11.1. The number of carboxylic acids is 1. The molecule has 53 heteroatoms. The summed E-state index contributed by atoms with van der Waals surface area (Å²) in [6.07, 6.45) is 25.6. The highest BCUT2D eigenvalue weighted by Gasteiger charge is 2.53. The molecule has 0 spiro atoms. The molecule has 0 saturated carbocycles. The molecule has 9 N–H and O–H groups in total. The van der Waals surface area contributed by atoms with Gasteiger partial charge in [-0.3, -0.25) is 58.3 Å². The van der Waals surface area contributed by atoms with Gasteiger partial charge in [-0.25, -0.2) is 19.7 Å². The van der Waals surface area contributed by atoms with Crippen LogP contribution in [0, 0.1) is 20.2 Å². The zero-order valence-electron chi connectivity index (χ0n) is 72.0. The van der Waals surface area contributed by atoms with Crippen LogP contribution in [0.25, 0.3) is 10.8 Å². The van der Waals surface area contributed by atoms with Gasteiger partial charge in [-0.1, -0.05) is 176 Å². The maximum atomic E-state index is 12.4. The van der Waals surface area contributed by atoms with Gasteiger partial charge >= 0.3 is 24.5 Å². The molecule has 0 unspecified atom stereocenters. The number of rotatable bonds is 20. The first-order valence-electron chi connectivity index (χ1n) is 39.3. The lowest BCUT2D eigenvalue weighted by Gasteiger charge is -2.32. The molecule has 0 bridgehead atoms. The van der Waals surface area contributed by atoms with Crippen LogP contribution in [0.1, 0.15) is 90.1 Å². The Morgan fingerprint density at radius 2 is 0.784 bits per heavy atom. The fraction of sp³-hybridized carbons (Fsp3) is 0.140. The molecule has 0 radical (unpaired) electrons. The molecule has 1 aliphatic heterocycles. The third kappa shape index (κ3) is 33.9. The number of nitrogen functional groups attached to an aromatic ring is 2. The molecule has 2 amide bonds. The Hall–Kier alpha value is -10.5. The molecular formula is C86H73BBr2Cl13N21O13S3. The van der Waals surface area contributed by atoms with E-state index in [1.54, 1.807) is 190 Å². The summed E-state index contributed by atoms with van der Waals surface area (Å²) in [6, 6.07) is 39.0. The number of furan rings is 2. The average molecular weight is 2340 g/mol. The van der Waals surface area contributed by atoms with Gasteiger partial charge in [-0.15, -0.1) is 46.4 Å². The van der Waals surface area contributed by atoms with E-state index in [2.05, 4.69) is 93.1 Å². The first kappa shape index (κ1) is 112. The van der Waals surface area contributed by atoms with Gasteiger partial charge < -0.3 is 50.5 Å². The highest BCUT2D eigenvalue weighted by molar-refractivity contribution is 9.11. The van der Waals surface area contributed by atoms with Crippen LogP contribution in [-0.4, -0.2) is 130 Å². The molecule has 11 aromatic heterocycles. The van der Waals surface area contributed by atoms with Gasteiger partial charge in [0.2, 0.25) is 0 Å². The van der Waals surface area contributed by atoms with Crippen molar-refractivity contribution in [2.75, 3.05) is 22.1 Å². The van der Waals surface area contributed by atoms with Crippen LogP contribution in [0.2, 0.25) is 60.3 Å². The number of aromatic amines is 1. The minimum atomic E-state index is -0.932. The van der Waals surface area contributed by atoms with E-state index < -0.39 is 15.8 Å². The summed E-state index contributed by atoms with van der Waals surface area (Å²) in [5.74, 6) is -0.800. The lowest BCUT2D eigenvalue weighted by Crippen LogP contribution is -2.41. The fourth-order valence-corrected chi connectivity index (χ4v) is 17.3. The van der Waals surface area contributed by atoms with Crippen molar-refractivity contribution in [2.24, 2.45) is 0 Å². The molecule has 0 atom stereocenters. The van der Waals surface area contributed by atoms with E-state index >= 15 is 0 Å². The number of halogens is 15. The highest BCUT2D eigenvalue weighted by atomic mass is 79.9. The second-order valence-corrected chi connectivity index (χ2v) is 39.3. The van der Waals surface area contributed by atoms with E-state index in [4.69, 9.17) is 179 Å². The number of aliphatic hydroxyl groups is 1. The van der Waals surface area contributed by atoms with Crippen LogP contribution in [0.3, 0.4) is 0 Å². The van der Waals surface area contributed by atoms with Crippen molar-refractivity contribution in [2.45, 2.75) is 78.2 Å². The topological polar surface area (TPSA) is 455 Å². The number of benzene rings is 6. The molecule has 1 aliphatic rings. The quantitative estimate of drug-likeness (QED) is 0.0212. The number of nitrogens with two attached hydrogens (primary N) is 2. The molecule has 1 fully saturated rings. The Labute approximate surface area is 886 Å². The smallest absolute Gasteiger partial charge is 0.477 e. The molecule has 1 saturated heterocycles. The Bertz CT molecular complexity index is 6700. The van der Waals surface area contributed by atoms with Crippen LogP contribution in [0.5, 0.6) is 0 Å². The van der Waals surface area contributed by atoms with Gasteiger partial charge in [0.1, 0.15) is 38.9 Å². The number of thiazole rings is 3. The number of hydrogen-bond donors (Lipinski definition) is 7. The number of amides is 2. The van der Waals surface area contributed by atoms with Crippen LogP contribution in [-0.2, 0) is 48.6 Å². The van der Waals surface area contributed by atoms with E-state index in [0.29, 0.717) is 155 Å². The van der Waals surface area contributed by atoms with E-state index in [1.165, 1.54) is 64.5 Å². The molecule has 12 heterocycles. The average Bonchev–Trinajstić information content (AvgIpc) is 1.62. The first-order valence-corrected chi connectivity index (χ1v) is 47.9. The lowest BCUT2D eigenvalue weighted by atomic mass is 9.86. The molecular weight excluding hydrogens is 2260 g/mol. The summed E-state index contributed by atoms with van der Waals surface area (Å²) in [4.78, 5) is 67.1. The Balaban J connectivity index is 0.000000179. The van der Waals surface area contributed by atoms with Crippen molar-refractivity contribution in [3.63, 3.8) is 0 Å². The number of H-pyrrole nitrogens is 1. The van der Waals surface area contributed by atoms with Crippen molar-refractivity contribution >= 4 is 282 Å². The van der Waals surface area contributed by atoms with Gasteiger partial charge in [0.15, 0.2) is 18.6 Å². The molecule has 139 heavy (non-hydrogen) atoms. The first-order chi connectivity index (χ1) is 65.7. The van der Waals surface area contributed by atoms with E-state index in [-0.39, 0.29) is 65.4 Å². The van der Waals surface area contributed by atoms with Crippen LogP contribution < -0.4 is 27.8 Å². The number of carbonyl (C=O) groups excluding carboxylic acids is 2. The normalized spacial score (nSPS) is 11.7. The second-order valence-electron chi connectivity index (χ2n) is 28.8. The number of anilines is 4. The maximum absolute atomic E-state index is 12.4. The summed E-state index contributed by atoms with van der Waals surface area (Å²) in [5.41, 5.74) is 18.1. The molecule has 34 nitrogen and oxygen atoms in total. The van der Waals surface area contributed by atoms with Gasteiger partial charge in [0, 0.05) is 118 Å². The molecule has 18 rings (SSSR count). The van der Waals surface area contributed by atoms with Crippen LogP contribution in [0.4, 0.5) is 34.1 Å². The van der Waals surface area contributed by atoms with E-state index in [1.807, 2.05) is 52.0 Å². The van der Waals surface area contributed by atoms with E-state index in [0.717, 1.165) is 45.4 Å². The Kier molecular flexibility index (Phi) is 43.5. The number of aromatic nitrogens is 15. The SMILES string of the molecule is CC1(C)OB(c2ccco2)OC1(C)C.Cl.Nc1cnn(Cc2c(Cl)cccc2Cl)c1.Nc1cnn(Cc2c(Cl)cccc2Cl)c1.O=C(Nc1cnn(Cc2c(Cl)cccc2Cl)c1)c1cnc(-c2ccco2)s1.O=C(Nc1cnn(Cc2c(Cl)cccc2Cl)c1)c1cnc(Br)s1.O=C(O)c1cnc(Br)s1.O=[N+]([O-])c1cn[nH]c1.O=[N+]([O-])c1cnn(Cc2c(Cl)cccc2Cl)c1.OCc1c(Cl)cccc1Cl. The number of aromatic carboxylic acids is 1. The number of carbonyl (C=O) groups is 3. The largest absolute Gasteiger partial charge is 0.532 e. The summed E-state index contributed by atoms with van der Waals surface area (Å²) in [7, 11) is -0.380. The molecule has 0 aliphatic carbocycles. The van der Waals surface area contributed by atoms with Crippen molar-refractivity contribution in [3.05, 3.63) is 375 Å². The number of nitrogens with zero attached hydrogens (tertiary/aromatic N) is 16. The summed E-state index contributed by atoms with van der Waals surface area (Å²) < 4.78 is 31.5. The minimum absolute atomic E-state index is 0. The van der Waals surface area contributed by atoms with Crippen molar-refractivity contribution in [3.8, 4) is 10.8 Å². The molecule has 17 aromatic rings. The highest BCUT2D eigenvalue weighted by Crippen LogP contribution is 2.38. The Morgan fingerprint density at radius 3 is 1.07 bits per heavy atom. The monoisotopic (exact) mass is 2330 g/mol. The number of nitro groups is 2. The summed E-state index contributed by atoms with van der Waals surface area (Å²) in [6.45, 7) is 10.1. The maximum Gasteiger partial charge on any atom is 0.532 e. The number of hydrogen-bond acceptors (Lipinski definition) is 26. The van der Waals surface area contributed by atoms with Crippen LogP contribution >= 0.6 is 217 Å². The Morgan fingerprint density at radius 1 is 0.446 bits per heavy atom.